The number of anilines is 1. The number of ether oxygens (including phenoxy) is 1. The van der Waals surface area contributed by atoms with Crippen LogP contribution >= 0.6 is 27.7 Å². The van der Waals surface area contributed by atoms with Crippen LogP contribution in [0.25, 0.3) is 0 Å². The number of carbonyl (C=O) groups excluding carboxylic acids is 1. The zero-order chi connectivity index (χ0) is 20.8. The molecule has 6 nitrogen and oxygen atoms in total. The van der Waals surface area contributed by atoms with E-state index in [0.717, 1.165) is 15.8 Å². The molecule has 1 heterocycles. The Labute approximate surface area is 181 Å². The topological polar surface area (TPSA) is 84.1 Å². The van der Waals surface area contributed by atoms with E-state index in [0.29, 0.717) is 27.9 Å². The molecule has 0 unspecified atom stereocenters. The SMILES string of the molecule is COc1cccc(CSc2nc(C)c(CC(=O)Nc3cccc(Br)c3)c(=O)[nH]2)c1. The van der Waals surface area contributed by atoms with Crippen LogP contribution in [0.15, 0.2) is 63.0 Å². The molecule has 0 saturated carbocycles. The lowest BCUT2D eigenvalue weighted by molar-refractivity contribution is -0.115. The van der Waals surface area contributed by atoms with Gasteiger partial charge in [-0.3, -0.25) is 9.59 Å². The molecule has 3 rings (SSSR count). The molecule has 3 aromatic rings. The molecule has 0 bridgehead atoms. The Morgan fingerprint density at radius 2 is 2.03 bits per heavy atom. The van der Waals surface area contributed by atoms with E-state index in [-0.39, 0.29) is 17.9 Å². The van der Waals surface area contributed by atoms with Gasteiger partial charge in [0.1, 0.15) is 5.75 Å². The molecule has 0 spiro atoms. The quantitative estimate of drug-likeness (QED) is 0.394. The average Bonchev–Trinajstić information content (AvgIpc) is 2.69. The minimum Gasteiger partial charge on any atom is -0.497 e. The minimum absolute atomic E-state index is 0.0402. The first-order valence-electron chi connectivity index (χ1n) is 8.85. The van der Waals surface area contributed by atoms with E-state index in [1.807, 2.05) is 36.4 Å². The summed E-state index contributed by atoms with van der Waals surface area (Å²) in [6.45, 7) is 1.74. The molecule has 0 aliphatic rings. The van der Waals surface area contributed by atoms with Gasteiger partial charge in [0.25, 0.3) is 5.56 Å². The summed E-state index contributed by atoms with van der Waals surface area (Å²) in [7, 11) is 1.63. The fraction of sp³-hybridized carbons (Fsp3) is 0.190. The number of nitrogens with one attached hydrogen (secondary N) is 2. The molecule has 0 atom stereocenters. The second-order valence-electron chi connectivity index (χ2n) is 6.31. The molecular weight excluding hydrogens is 454 g/mol. The number of amides is 1. The number of methoxy groups -OCH3 is 1. The van der Waals surface area contributed by atoms with Crippen molar-refractivity contribution < 1.29 is 9.53 Å². The van der Waals surface area contributed by atoms with E-state index < -0.39 is 0 Å². The van der Waals surface area contributed by atoms with Crippen LogP contribution in [0, 0.1) is 6.92 Å². The van der Waals surface area contributed by atoms with Crippen molar-refractivity contribution >= 4 is 39.3 Å². The largest absolute Gasteiger partial charge is 0.497 e. The molecule has 8 heteroatoms. The highest BCUT2D eigenvalue weighted by atomic mass is 79.9. The zero-order valence-electron chi connectivity index (χ0n) is 16.0. The van der Waals surface area contributed by atoms with Crippen LogP contribution in [0.3, 0.4) is 0 Å². The van der Waals surface area contributed by atoms with Gasteiger partial charge in [-0.05, 0) is 42.8 Å². The summed E-state index contributed by atoms with van der Waals surface area (Å²) < 4.78 is 6.09. The zero-order valence-corrected chi connectivity index (χ0v) is 18.4. The van der Waals surface area contributed by atoms with Crippen molar-refractivity contribution in [3.8, 4) is 5.75 Å². The Morgan fingerprint density at radius 3 is 2.76 bits per heavy atom. The molecule has 150 valence electrons. The van der Waals surface area contributed by atoms with Gasteiger partial charge in [-0.2, -0.15) is 0 Å². The van der Waals surface area contributed by atoms with Gasteiger partial charge >= 0.3 is 0 Å². The monoisotopic (exact) mass is 473 g/mol. The number of hydrogen-bond donors (Lipinski definition) is 2. The van der Waals surface area contributed by atoms with Gasteiger partial charge in [0.05, 0.1) is 13.5 Å². The fourth-order valence-corrected chi connectivity index (χ4v) is 3.96. The first-order valence-corrected chi connectivity index (χ1v) is 10.6. The number of halogens is 1. The van der Waals surface area contributed by atoms with Gasteiger partial charge < -0.3 is 15.0 Å². The number of thioether (sulfide) groups is 1. The Kier molecular flexibility index (Phi) is 7.11. The first kappa shape index (κ1) is 21.1. The maximum atomic E-state index is 12.5. The van der Waals surface area contributed by atoms with Crippen LogP contribution in [0.4, 0.5) is 5.69 Å². The summed E-state index contributed by atoms with van der Waals surface area (Å²) in [6.07, 6.45) is -0.0402. The van der Waals surface area contributed by atoms with Crippen LogP contribution in [-0.4, -0.2) is 23.0 Å². The molecule has 0 fully saturated rings. The minimum atomic E-state index is -0.296. The molecule has 0 radical (unpaired) electrons. The van der Waals surface area contributed by atoms with Crippen LogP contribution < -0.4 is 15.6 Å². The smallest absolute Gasteiger partial charge is 0.255 e. The third-order valence-electron chi connectivity index (χ3n) is 4.16. The number of aromatic amines is 1. The third kappa shape index (κ3) is 5.95. The summed E-state index contributed by atoms with van der Waals surface area (Å²) in [5.74, 6) is 1.16. The molecule has 0 aliphatic heterocycles. The van der Waals surface area contributed by atoms with E-state index in [9.17, 15) is 9.59 Å². The van der Waals surface area contributed by atoms with Gasteiger partial charge in [0.2, 0.25) is 5.91 Å². The van der Waals surface area contributed by atoms with Crippen LogP contribution in [-0.2, 0) is 17.0 Å². The molecule has 1 aromatic heterocycles. The lowest BCUT2D eigenvalue weighted by Crippen LogP contribution is -2.23. The Hall–Kier alpha value is -2.58. The Balaban J connectivity index is 1.67. The molecule has 2 N–H and O–H groups in total. The normalized spacial score (nSPS) is 10.6. The maximum absolute atomic E-state index is 12.5. The highest BCUT2D eigenvalue weighted by Crippen LogP contribution is 2.22. The van der Waals surface area contributed by atoms with Crippen molar-refractivity contribution in [2.24, 2.45) is 0 Å². The van der Waals surface area contributed by atoms with Crippen LogP contribution in [0.2, 0.25) is 0 Å². The predicted octanol–water partition coefficient (Wildman–Crippen LogP) is 4.32. The Morgan fingerprint density at radius 1 is 1.24 bits per heavy atom. The van der Waals surface area contributed by atoms with Gasteiger partial charge in [0, 0.05) is 27.2 Å². The summed E-state index contributed by atoms with van der Waals surface area (Å²) in [4.78, 5) is 32.1. The average molecular weight is 474 g/mol. The van der Waals surface area contributed by atoms with E-state index in [1.54, 1.807) is 26.2 Å². The lowest BCUT2D eigenvalue weighted by atomic mass is 10.1. The molecule has 1 amide bonds. The van der Waals surface area contributed by atoms with Crippen molar-refractivity contribution in [2.45, 2.75) is 24.3 Å². The second-order valence-corrected chi connectivity index (χ2v) is 8.19. The van der Waals surface area contributed by atoms with Crippen molar-refractivity contribution in [3.05, 3.63) is 80.2 Å². The molecule has 29 heavy (non-hydrogen) atoms. The van der Waals surface area contributed by atoms with E-state index in [1.165, 1.54) is 11.8 Å². The van der Waals surface area contributed by atoms with E-state index >= 15 is 0 Å². The number of aromatic nitrogens is 2. The van der Waals surface area contributed by atoms with Crippen molar-refractivity contribution in [2.75, 3.05) is 12.4 Å². The Bertz CT molecular complexity index is 1080. The lowest BCUT2D eigenvalue weighted by Gasteiger charge is -2.09. The van der Waals surface area contributed by atoms with Crippen LogP contribution in [0.5, 0.6) is 5.75 Å². The number of H-pyrrole nitrogens is 1. The number of benzene rings is 2. The van der Waals surface area contributed by atoms with Crippen molar-refractivity contribution in [1.29, 1.82) is 0 Å². The van der Waals surface area contributed by atoms with Gasteiger partial charge in [-0.25, -0.2) is 4.98 Å². The van der Waals surface area contributed by atoms with Crippen LogP contribution in [0.1, 0.15) is 16.8 Å². The highest BCUT2D eigenvalue weighted by molar-refractivity contribution is 9.10. The number of rotatable bonds is 7. The number of aryl methyl sites for hydroxylation is 1. The van der Waals surface area contributed by atoms with E-state index in [2.05, 4.69) is 31.2 Å². The standard InChI is InChI=1S/C21H20BrN3O3S/c1-13-18(11-19(26)24-16-7-4-6-15(22)10-16)20(27)25-21(23-13)29-12-14-5-3-8-17(9-14)28-2/h3-10H,11-12H2,1-2H3,(H,24,26)(H,23,25,27). The summed E-state index contributed by atoms with van der Waals surface area (Å²) in [5.41, 5.74) is 2.34. The molecule has 0 aliphatic carbocycles. The number of nitrogens with zero attached hydrogens (tertiary/aromatic N) is 1. The van der Waals surface area contributed by atoms with Crippen molar-refractivity contribution in [1.82, 2.24) is 9.97 Å². The van der Waals surface area contributed by atoms with E-state index in [4.69, 9.17) is 4.74 Å². The van der Waals surface area contributed by atoms with Gasteiger partial charge in [-0.15, -0.1) is 0 Å². The first-order chi connectivity index (χ1) is 13.9. The second kappa shape index (κ2) is 9.76. The summed E-state index contributed by atoms with van der Waals surface area (Å²) in [5, 5.41) is 3.31. The van der Waals surface area contributed by atoms with Gasteiger partial charge in [0.15, 0.2) is 5.16 Å². The predicted molar refractivity (Wildman–Crippen MR) is 119 cm³/mol. The maximum Gasteiger partial charge on any atom is 0.255 e. The van der Waals surface area contributed by atoms with Crippen molar-refractivity contribution in [3.63, 3.8) is 0 Å². The third-order valence-corrected chi connectivity index (χ3v) is 5.59. The fourth-order valence-electron chi connectivity index (χ4n) is 2.71. The summed E-state index contributed by atoms with van der Waals surface area (Å²) in [6, 6.07) is 15.0. The molecule has 2 aromatic carbocycles. The van der Waals surface area contributed by atoms with Gasteiger partial charge in [-0.1, -0.05) is 45.9 Å². The number of hydrogen-bond acceptors (Lipinski definition) is 5. The highest BCUT2D eigenvalue weighted by Gasteiger charge is 2.13. The molecule has 0 saturated heterocycles. The molecular formula is C21H20BrN3O3S. The number of carbonyl (C=O) groups is 1. The summed E-state index contributed by atoms with van der Waals surface area (Å²) >= 11 is 4.79.